The van der Waals surface area contributed by atoms with E-state index < -0.39 is 5.97 Å². The lowest BCUT2D eigenvalue weighted by atomic mass is 9.90. The number of rotatable bonds is 15. The molecule has 23 heavy (non-hydrogen) atoms. The molecule has 4 nitrogen and oxygen atoms in total. The molecule has 136 valence electrons. The lowest BCUT2D eigenvalue weighted by Gasteiger charge is -2.31. The predicted octanol–water partition coefficient (Wildman–Crippen LogP) is 5.48. The number of aliphatic carboxylic acids is 1. The Kier molecular flexibility index (Phi) is 12.8. The van der Waals surface area contributed by atoms with E-state index in [1.165, 1.54) is 12.8 Å². The van der Waals surface area contributed by atoms with Gasteiger partial charge >= 0.3 is 11.9 Å². The van der Waals surface area contributed by atoms with E-state index in [0.717, 1.165) is 57.8 Å². The highest BCUT2D eigenvalue weighted by Gasteiger charge is 2.29. The van der Waals surface area contributed by atoms with Crippen molar-refractivity contribution in [2.75, 3.05) is 0 Å². The Morgan fingerprint density at radius 2 is 1.39 bits per heavy atom. The number of hydrogen-bond donors (Lipinski definition) is 1. The summed E-state index contributed by atoms with van der Waals surface area (Å²) in [5.41, 5.74) is -0.270. The third-order valence-electron chi connectivity index (χ3n) is 4.63. The van der Waals surface area contributed by atoms with E-state index in [-0.39, 0.29) is 18.0 Å². The lowest BCUT2D eigenvalue weighted by Crippen LogP contribution is -2.33. The van der Waals surface area contributed by atoms with Crippen LogP contribution in [0.15, 0.2) is 0 Å². The monoisotopic (exact) mass is 328 g/mol. The van der Waals surface area contributed by atoms with Gasteiger partial charge < -0.3 is 9.84 Å². The summed E-state index contributed by atoms with van der Waals surface area (Å²) in [5.74, 6) is -0.803. The molecule has 0 bridgehead atoms. The fraction of sp³-hybridized carbons (Fsp3) is 0.895. The van der Waals surface area contributed by atoms with Crippen molar-refractivity contribution in [3.05, 3.63) is 0 Å². The smallest absolute Gasteiger partial charge is 0.306 e. The van der Waals surface area contributed by atoms with Gasteiger partial charge in [0.2, 0.25) is 0 Å². The van der Waals surface area contributed by atoms with Gasteiger partial charge in [0.05, 0.1) is 0 Å². The molecule has 4 heteroatoms. The Morgan fingerprint density at radius 3 is 1.91 bits per heavy atom. The van der Waals surface area contributed by atoms with Crippen LogP contribution in [0, 0.1) is 0 Å². The van der Waals surface area contributed by atoms with Gasteiger partial charge in [-0.25, -0.2) is 0 Å². The zero-order chi connectivity index (χ0) is 17.6. The normalized spacial score (nSPS) is 11.4. The first-order valence-corrected chi connectivity index (χ1v) is 9.43. The summed E-state index contributed by atoms with van der Waals surface area (Å²) in [7, 11) is 0. The summed E-state index contributed by atoms with van der Waals surface area (Å²) in [5, 5.41) is 8.56. The van der Waals surface area contributed by atoms with E-state index in [9.17, 15) is 9.59 Å². The molecule has 0 aliphatic heterocycles. The van der Waals surface area contributed by atoms with Crippen molar-refractivity contribution >= 4 is 11.9 Å². The van der Waals surface area contributed by atoms with Crippen molar-refractivity contribution in [2.24, 2.45) is 0 Å². The van der Waals surface area contributed by atoms with Crippen LogP contribution in [0.3, 0.4) is 0 Å². The van der Waals surface area contributed by atoms with Crippen LogP contribution in [0.2, 0.25) is 0 Å². The molecular formula is C19H36O4. The van der Waals surface area contributed by atoms with Crippen LogP contribution in [0.25, 0.3) is 0 Å². The van der Waals surface area contributed by atoms with Crippen LogP contribution in [0.5, 0.6) is 0 Å². The van der Waals surface area contributed by atoms with E-state index in [4.69, 9.17) is 9.84 Å². The molecule has 0 aliphatic carbocycles. The van der Waals surface area contributed by atoms with Crippen LogP contribution in [-0.2, 0) is 14.3 Å². The third-order valence-corrected chi connectivity index (χ3v) is 4.63. The molecule has 0 unspecified atom stereocenters. The minimum atomic E-state index is -0.730. The Morgan fingerprint density at radius 1 is 0.826 bits per heavy atom. The molecule has 0 atom stereocenters. The Balaban J connectivity index is 3.92. The van der Waals surface area contributed by atoms with Gasteiger partial charge in [-0.2, -0.15) is 0 Å². The van der Waals surface area contributed by atoms with Crippen LogP contribution < -0.4 is 0 Å². The van der Waals surface area contributed by atoms with Gasteiger partial charge in [-0.15, -0.1) is 0 Å². The zero-order valence-corrected chi connectivity index (χ0v) is 15.4. The number of carbonyl (C=O) groups excluding carboxylic acids is 1. The molecule has 0 heterocycles. The van der Waals surface area contributed by atoms with Gasteiger partial charge in [0.15, 0.2) is 0 Å². The molecule has 0 rings (SSSR count). The Bertz CT molecular complexity index is 321. The average molecular weight is 328 g/mol. The van der Waals surface area contributed by atoms with Gasteiger partial charge in [-0.3, -0.25) is 9.59 Å². The molecule has 0 spiro atoms. The summed E-state index contributed by atoms with van der Waals surface area (Å²) < 4.78 is 5.83. The van der Waals surface area contributed by atoms with Crippen LogP contribution in [-0.4, -0.2) is 22.6 Å². The number of ether oxygens (including phenoxy) is 1. The molecule has 0 fully saturated rings. The first-order chi connectivity index (χ1) is 11.0. The average Bonchev–Trinajstić information content (AvgIpc) is 2.53. The van der Waals surface area contributed by atoms with Gasteiger partial charge in [0, 0.05) is 12.8 Å². The summed E-state index contributed by atoms with van der Waals surface area (Å²) in [6.07, 6.45) is 11.4. The van der Waals surface area contributed by atoms with E-state index >= 15 is 0 Å². The second kappa shape index (κ2) is 13.4. The SMILES string of the molecule is CCCCCC(CC)(CC)OC(=O)CCCCCCCC(=O)O. The largest absolute Gasteiger partial charge is 0.481 e. The number of carbonyl (C=O) groups is 2. The van der Waals surface area contributed by atoms with Crippen molar-refractivity contribution in [2.45, 2.75) is 110 Å². The maximum absolute atomic E-state index is 12.1. The molecule has 0 radical (unpaired) electrons. The second-order valence-electron chi connectivity index (χ2n) is 6.48. The van der Waals surface area contributed by atoms with E-state index in [1.807, 2.05) is 0 Å². The Hall–Kier alpha value is -1.06. The minimum Gasteiger partial charge on any atom is -0.481 e. The molecule has 0 saturated heterocycles. The molecule has 0 amide bonds. The first kappa shape index (κ1) is 21.9. The van der Waals surface area contributed by atoms with Crippen molar-refractivity contribution in [3.8, 4) is 0 Å². The highest BCUT2D eigenvalue weighted by molar-refractivity contribution is 5.69. The topological polar surface area (TPSA) is 63.6 Å². The molecule has 0 aromatic heterocycles. The maximum Gasteiger partial charge on any atom is 0.306 e. The van der Waals surface area contributed by atoms with Crippen molar-refractivity contribution in [3.63, 3.8) is 0 Å². The Labute approximate surface area is 142 Å². The highest BCUT2D eigenvalue weighted by atomic mass is 16.6. The second-order valence-corrected chi connectivity index (χ2v) is 6.48. The molecule has 0 aromatic rings. The van der Waals surface area contributed by atoms with Crippen molar-refractivity contribution < 1.29 is 19.4 Å². The molecule has 0 aromatic carbocycles. The van der Waals surface area contributed by atoms with E-state index in [0.29, 0.717) is 6.42 Å². The van der Waals surface area contributed by atoms with Gasteiger partial charge in [-0.05, 0) is 38.5 Å². The number of unbranched alkanes of at least 4 members (excludes halogenated alkanes) is 6. The summed E-state index contributed by atoms with van der Waals surface area (Å²) in [4.78, 5) is 22.5. The summed E-state index contributed by atoms with van der Waals surface area (Å²) in [6, 6.07) is 0. The fourth-order valence-corrected chi connectivity index (χ4v) is 2.86. The van der Waals surface area contributed by atoms with Gasteiger partial charge in [0.1, 0.15) is 5.60 Å². The van der Waals surface area contributed by atoms with E-state index in [2.05, 4.69) is 20.8 Å². The standard InChI is InChI=1S/C19H36O4/c1-4-7-13-16-19(5-2,6-3)23-18(22)15-12-10-8-9-11-14-17(20)21/h4-16H2,1-3H3,(H,20,21). The number of hydrogen-bond acceptors (Lipinski definition) is 3. The van der Waals surface area contributed by atoms with Crippen molar-refractivity contribution in [1.29, 1.82) is 0 Å². The van der Waals surface area contributed by atoms with Crippen LogP contribution >= 0.6 is 0 Å². The summed E-state index contributed by atoms with van der Waals surface area (Å²) >= 11 is 0. The maximum atomic E-state index is 12.1. The number of esters is 1. The quantitative estimate of drug-likeness (QED) is 0.319. The highest BCUT2D eigenvalue weighted by Crippen LogP contribution is 2.28. The lowest BCUT2D eigenvalue weighted by molar-refractivity contribution is -0.162. The molecule has 0 aliphatic rings. The zero-order valence-electron chi connectivity index (χ0n) is 15.4. The molecule has 0 saturated carbocycles. The number of carboxylic acid groups (broad SMARTS) is 1. The summed E-state index contributed by atoms with van der Waals surface area (Å²) in [6.45, 7) is 6.39. The van der Waals surface area contributed by atoms with Crippen LogP contribution in [0.1, 0.15) is 104 Å². The fourth-order valence-electron chi connectivity index (χ4n) is 2.86. The third kappa shape index (κ3) is 11.2. The predicted molar refractivity (Wildman–Crippen MR) is 93.5 cm³/mol. The van der Waals surface area contributed by atoms with Gasteiger partial charge in [-0.1, -0.05) is 52.9 Å². The first-order valence-electron chi connectivity index (χ1n) is 9.43. The van der Waals surface area contributed by atoms with Gasteiger partial charge in [0.25, 0.3) is 0 Å². The molecule has 1 N–H and O–H groups in total. The molecular weight excluding hydrogens is 292 g/mol. The number of carboxylic acids is 1. The minimum absolute atomic E-state index is 0.0734. The van der Waals surface area contributed by atoms with Crippen LogP contribution in [0.4, 0.5) is 0 Å². The van der Waals surface area contributed by atoms with E-state index in [1.54, 1.807) is 0 Å². The van der Waals surface area contributed by atoms with Crippen molar-refractivity contribution in [1.82, 2.24) is 0 Å².